The van der Waals surface area contributed by atoms with E-state index in [2.05, 4.69) is 24.5 Å². The van der Waals surface area contributed by atoms with Gasteiger partial charge in [0.25, 0.3) is 0 Å². The number of ether oxygens (including phenoxy) is 1. The predicted molar refractivity (Wildman–Crippen MR) is 93.8 cm³/mol. The smallest absolute Gasteiger partial charge is 0.319 e. The van der Waals surface area contributed by atoms with E-state index in [0.717, 1.165) is 12.0 Å². The molecule has 0 saturated carbocycles. The van der Waals surface area contributed by atoms with Gasteiger partial charge in [0.2, 0.25) is 0 Å². The topological polar surface area (TPSA) is 50.4 Å². The molecule has 0 spiro atoms. The molecule has 2 amide bonds. The Morgan fingerprint density at radius 2 is 1.83 bits per heavy atom. The fourth-order valence-electron chi connectivity index (χ4n) is 2.46. The van der Waals surface area contributed by atoms with Crippen molar-refractivity contribution < 1.29 is 9.53 Å². The summed E-state index contributed by atoms with van der Waals surface area (Å²) in [6.45, 7) is 4.30. The van der Waals surface area contributed by atoms with Crippen LogP contribution in [-0.4, -0.2) is 13.1 Å². The minimum absolute atomic E-state index is 0.0122. The average molecular weight is 312 g/mol. The van der Waals surface area contributed by atoms with Crippen molar-refractivity contribution in [3.05, 3.63) is 60.2 Å². The van der Waals surface area contributed by atoms with Gasteiger partial charge in [-0.05, 0) is 30.0 Å². The first-order chi connectivity index (χ1) is 11.1. The van der Waals surface area contributed by atoms with Gasteiger partial charge in [-0.3, -0.25) is 0 Å². The molecule has 4 heteroatoms. The van der Waals surface area contributed by atoms with Crippen LogP contribution in [0.2, 0.25) is 0 Å². The van der Waals surface area contributed by atoms with Crippen molar-refractivity contribution in [3.63, 3.8) is 0 Å². The maximum absolute atomic E-state index is 12.3. The summed E-state index contributed by atoms with van der Waals surface area (Å²) < 4.78 is 5.17. The SMILES string of the molecule is COc1cccc(NC(=O)N[C@H](CC(C)C)c2ccccc2)c1. The van der Waals surface area contributed by atoms with Crippen molar-refractivity contribution in [3.8, 4) is 5.75 Å². The predicted octanol–water partition coefficient (Wildman–Crippen LogP) is 4.60. The van der Waals surface area contributed by atoms with E-state index in [9.17, 15) is 4.79 Å². The molecule has 23 heavy (non-hydrogen) atoms. The number of carbonyl (C=O) groups excluding carboxylic acids is 1. The Balaban J connectivity index is 2.05. The highest BCUT2D eigenvalue weighted by molar-refractivity contribution is 5.89. The molecule has 2 N–H and O–H groups in total. The lowest BCUT2D eigenvalue weighted by Crippen LogP contribution is -2.33. The summed E-state index contributed by atoms with van der Waals surface area (Å²) >= 11 is 0. The lowest BCUT2D eigenvalue weighted by molar-refractivity contribution is 0.246. The summed E-state index contributed by atoms with van der Waals surface area (Å²) in [4.78, 5) is 12.3. The molecule has 0 fully saturated rings. The lowest BCUT2D eigenvalue weighted by atomic mass is 9.97. The summed E-state index contributed by atoms with van der Waals surface area (Å²) in [6, 6.07) is 17.1. The van der Waals surface area contributed by atoms with E-state index >= 15 is 0 Å². The van der Waals surface area contributed by atoms with Crippen LogP contribution in [0.5, 0.6) is 5.75 Å². The molecule has 0 aliphatic carbocycles. The van der Waals surface area contributed by atoms with Crippen molar-refractivity contribution in [2.24, 2.45) is 5.92 Å². The fourth-order valence-corrected chi connectivity index (χ4v) is 2.46. The van der Waals surface area contributed by atoms with E-state index in [1.807, 2.05) is 48.5 Å². The first-order valence-corrected chi connectivity index (χ1v) is 7.85. The number of amides is 2. The minimum atomic E-state index is -0.215. The van der Waals surface area contributed by atoms with Crippen molar-refractivity contribution in [2.45, 2.75) is 26.3 Å². The van der Waals surface area contributed by atoms with Crippen LogP contribution in [0, 0.1) is 5.92 Å². The quantitative estimate of drug-likeness (QED) is 0.818. The van der Waals surface area contributed by atoms with Crippen LogP contribution in [0.15, 0.2) is 54.6 Å². The van der Waals surface area contributed by atoms with Crippen LogP contribution >= 0.6 is 0 Å². The van der Waals surface area contributed by atoms with Crippen LogP contribution in [0.3, 0.4) is 0 Å². The Morgan fingerprint density at radius 1 is 1.09 bits per heavy atom. The van der Waals surface area contributed by atoms with Crippen molar-refractivity contribution in [1.82, 2.24) is 5.32 Å². The second-order valence-corrected chi connectivity index (χ2v) is 5.92. The molecule has 0 aliphatic rings. The first kappa shape index (κ1) is 16.9. The summed E-state index contributed by atoms with van der Waals surface area (Å²) in [5, 5.41) is 5.92. The molecule has 0 bridgehead atoms. The molecule has 0 saturated heterocycles. The number of carbonyl (C=O) groups is 1. The number of benzene rings is 2. The van der Waals surface area contributed by atoms with E-state index in [1.54, 1.807) is 13.2 Å². The highest BCUT2D eigenvalue weighted by Crippen LogP contribution is 2.22. The summed E-state index contributed by atoms with van der Waals surface area (Å²) in [6.07, 6.45) is 0.884. The molecule has 4 nitrogen and oxygen atoms in total. The second-order valence-electron chi connectivity index (χ2n) is 5.92. The maximum Gasteiger partial charge on any atom is 0.319 e. The van der Waals surface area contributed by atoms with Gasteiger partial charge in [0.1, 0.15) is 5.75 Å². The fraction of sp³-hybridized carbons (Fsp3) is 0.316. The second kappa shape index (κ2) is 8.22. The van der Waals surface area contributed by atoms with Gasteiger partial charge in [-0.2, -0.15) is 0 Å². The molecule has 2 rings (SSSR count). The molecule has 0 radical (unpaired) electrons. The Morgan fingerprint density at radius 3 is 2.48 bits per heavy atom. The van der Waals surface area contributed by atoms with Gasteiger partial charge in [-0.15, -0.1) is 0 Å². The zero-order chi connectivity index (χ0) is 16.7. The molecule has 122 valence electrons. The Bertz CT molecular complexity index is 626. The standard InChI is InChI=1S/C19H24N2O2/c1-14(2)12-18(15-8-5-4-6-9-15)21-19(22)20-16-10-7-11-17(13-16)23-3/h4-11,13-14,18H,12H2,1-3H3,(H2,20,21,22)/t18-/m1/s1. The highest BCUT2D eigenvalue weighted by Gasteiger charge is 2.16. The van der Waals surface area contributed by atoms with E-state index in [-0.39, 0.29) is 12.1 Å². The van der Waals surface area contributed by atoms with Crippen molar-refractivity contribution >= 4 is 11.7 Å². The normalized spacial score (nSPS) is 11.8. The molecular formula is C19H24N2O2. The molecular weight excluding hydrogens is 288 g/mol. The minimum Gasteiger partial charge on any atom is -0.497 e. The molecule has 1 atom stereocenters. The van der Waals surface area contributed by atoms with E-state index in [1.165, 1.54) is 0 Å². The average Bonchev–Trinajstić information content (AvgIpc) is 2.54. The van der Waals surface area contributed by atoms with E-state index in [0.29, 0.717) is 17.4 Å². The number of anilines is 1. The van der Waals surface area contributed by atoms with Gasteiger partial charge in [0.05, 0.1) is 13.2 Å². The number of methoxy groups -OCH3 is 1. The van der Waals surface area contributed by atoms with Crippen LogP contribution < -0.4 is 15.4 Å². The number of urea groups is 1. The zero-order valence-corrected chi connectivity index (χ0v) is 13.9. The maximum atomic E-state index is 12.3. The van der Waals surface area contributed by atoms with Gasteiger partial charge >= 0.3 is 6.03 Å². The van der Waals surface area contributed by atoms with Crippen molar-refractivity contribution in [1.29, 1.82) is 0 Å². The Hall–Kier alpha value is -2.49. The summed E-state index contributed by atoms with van der Waals surface area (Å²) in [7, 11) is 1.60. The molecule has 0 aromatic heterocycles. The molecule has 0 unspecified atom stereocenters. The first-order valence-electron chi connectivity index (χ1n) is 7.85. The van der Waals surface area contributed by atoms with Crippen LogP contribution in [0.25, 0.3) is 0 Å². The van der Waals surface area contributed by atoms with Crippen LogP contribution in [0.1, 0.15) is 31.9 Å². The van der Waals surface area contributed by atoms with Gasteiger partial charge in [-0.1, -0.05) is 50.2 Å². The highest BCUT2D eigenvalue weighted by atomic mass is 16.5. The monoisotopic (exact) mass is 312 g/mol. The third-order valence-corrected chi connectivity index (χ3v) is 3.54. The molecule has 2 aromatic carbocycles. The number of hydrogen-bond acceptors (Lipinski definition) is 2. The summed E-state index contributed by atoms with van der Waals surface area (Å²) in [5.41, 5.74) is 1.82. The molecule has 2 aromatic rings. The van der Waals surface area contributed by atoms with E-state index < -0.39 is 0 Å². The third kappa shape index (κ3) is 5.33. The zero-order valence-electron chi connectivity index (χ0n) is 13.9. The number of nitrogens with one attached hydrogen (secondary N) is 2. The van der Waals surface area contributed by atoms with Crippen LogP contribution in [0.4, 0.5) is 10.5 Å². The van der Waals surface area contributed by atoms with Gasteiger partial charge in [-0.25, -0.2) is 4.79 Å². The van der Waals surface area contributed by atoms with Crippen molar-refractivity contribution in [2.75, 3.05) is 12.4 Å². The molecule has 0 aliphatic heterocycles. The van der Waals surface area contributed by atoms with Gasteiger partial charge in [0.15, 0.2) is 0 Å². The summed E-state index contributed by atoms with van der Waals surface area (Å²) in [5.74, 6) is 1.20. The lowest BCUT2D eigenvalue weighted by Gasteiger charge is -2.21. The largest absolute Gasteiger partial charge is 0.497 e. The van der Waals surface area contributed by atoms with Gasteiger partial charge in [0, 0.05) is 11.8 Å². The van der Waals surface area contributed by atoms with Gasteiger partial charge < -0.3 is 15.4 Å². The Labute approximate surface area is 137 Å². The third-order valence-electron chi connectivity index (χ3n) is 3.54. The molecule has 0 heterocycles. The van der Waals surface area contributed by atoms with Crippen LogP contribution in [-0.2, 0) is 0 Å². The Kier molecular flexibility index (Phi) is 6.03. The van der Waals surface area contributed by atoms with E-state index in [4.69, 9.17) is 4.74 Å². The number of rotatable bonds is 6. The number of hydrogen-bond donors (Lipinski definition) is 2.